The van der Waals surface area contributed by atoms with E-state index in [0.29, 0.717) is 12.4 Å². The maximum atomic E-state index is 12.5. The zero-order valence-electron chi connectivity index (χ0n) is 13.9. The number of carbonyl (C=O) groups is 1. The smallest absolute Gasteiger partial charge is 0.246 e. The van der Waals surface area contributed by atoms with Crippen molar-refractivity contribution < 1.29 is 13.2 Å². The second-order valence-electron chi connectivity index (χ2n) is 5.72. The number of amides is 1. The number of anilines is 2. The summed E-state index contributed by atoms with van der Waals surface area (Å²) in [6.07, 6.45) is 3.18. The minimum atomic E-state index is -3.51. The van der Waals surface area contributed by atoms with Gasteiger partial charge in [-0.1, -0.05) is 18.2 Å². The molecule has 0 fully saturated rings. The summed E-state index contributed by atoms with van der Waals surface area (Å²) in [4.78, 5) is 18.5. The largest absolute Gasteiger partial charge is 0.361 e. The molecule has 2 aromatic rings. The molecule has 1 aliphatic rings. The van der Waals surface area contributed by atoms with E-state index >= 15 is 0 Å². The lowest BCUT2D eigenvalue weighted by Gasteiger charge is -2.29. The fourth-order valence-electron chi connectivity index (χ4n) is 2.82. The molecule has 2 N–H and O–H groups in total. The standard InChI is InChI=1S/C17H20N4O3S/c1-18-25(23,24)14-8-9-16(19-11-14)20-12-17(22)21-10-4-6-13-5-2-3-7-15(13)21/h2-3,5,7-9,11,18H,4,6,10,12H2,1H3,(H,19,20). The highest BCUT2D eigenvalue weighted by molar-refractivity contribution is 7.89. The van der Waals surface area contributed by atoms with Crippen molar-refractivity contribution in [2.24, 2.45) is 0 Å². The summed E-state index contributed by atoms with van der Waals surface area (Å²) < 4.78 is 25.6. The van der Waals surface area contributed by atoms with Crippen molar-refractivity contribution in [3.8, 4) is 0 Å². The Morgan fingerprint density at radius 1 is 1.24 bits per heavy atom. The van der Waals surface area contributed by atoms with Gasteiger partial charge < -0.3 is 10.2 Å². The molecule has 1 aromatic heterocycles. The monoisotopic (exact) mass is 360 g/mol. The minimum Gasteiger partial charge on any atom is -0.361 e. The number of pyridine rings is 1. The number of fused-ring (bicyclic) bond motifs is 1. The van der Waals surface area contributed by atoms with Crippen LogP contribution in [0.3, 0.4) is 0 Å². The molecule has 7 nitrogen and oxygen atoms in total. The van der Waals surface area contributed by atoms with Gasteiger partial charge in [0, 0.05) is 18.4 Å². The van der Waals surface area contributed by atoms with E-state index in [1.165, 1.54) is 24.9 Å². The minimum absolute atomic E-state index is 0.0409. The average Bonchev–Trinajstić information content (AvgIpc) is 2.66. The van der Waals surface area contributed by atoms with Gasteiger partial charge in [0.25, 0.3) is 0 Å². The van der Waals surface area contributed by atoms with Crippen LogP contribution in [0, 0.1) is 0 Å². The van der Waals surface area contributed by atoms with Gasteiger partial charge in [0.05, 0.1) is 6.54 Å². The average molecular weight is 360 g/mol. The third kappa shape index (κ3) is 3.80. The predicted octanol–water partition coefficient (Wildman–Crippen LogP) is 1.38. The lowest BCUT2D eigenvalue weighted by atomic mass is 10.0. The Morgan fingerprint density at radius 2 is 2.04 bits per heavy atom. The molecule has 3 rings (SSSR count). The number of hydrogen-bond acceptors (Lipinski definition) is 5. The zero-order chi connectivity index (χ0) is 17.9. The zero-order valence-corrected chi connectivity index (χ0v) is 14.7. The molecule has 0 radical (unpaired) electrons. The van der Waals surface area contributed by atoms with Gasteiger partial charge in [-0.2, -0.15) is 0 Å². The van der Waals surface area contributed by atoms with Gasteiger partial charge in [0.2, 0.25) is 15.9 Å². The van der Waals surface area contributed by atoms with E-state index in [4.69, 9.17) is 0 Å². The van der Waals surface area contributed by atoms with E-state index in [0.717, 1.165) is 18.5 Å². The first-order chi connectivity index (χ1) is 12.0. The number of benzene rings is 1. The maximum Gasteiger partial charge on any atom is 0.246 e. The van der Waals surface area contributed by atoms with Crippen LogP contribution in [0.2, 0.25) is 0 Å². The van der Waals surface area contributed by atoms with Gasteiger partial charge in [0.15, 0.2) is 0 Å². The van der Waals surface area contributed by atoms with Crippen LogP contribution in [0.1, 0.15) is 12.0 Å². The van der Waals surface area contributed by atoms with Crippen molar-refractivity contribution >= 4 is 27.4 Å². The number of nitrogens with zero attached hydrogens (tertiary/aromatic N) is 2. The quantitative estimate of drug-likeness (QED) is 0.841. The van der Waals surface area contributed by atoms with E-state index in [1.54, 1.807) is 11.0 Å². The first-order valence-corrected chi connectivity index (χ1v) is 9.51. The molecule has 1 aliphatic heterocycles. The Kier molecular flexibility index (Phi) is 5.00. The van der Waals surface area contributed by atoms with Crippen molar-refractivity contribution in [1.82, 2.24) is 9.71 Å². The Balaban J connectivity index is 1.65. The highest BCUT2D eigenvalue weighted by Crippen LogP contribution is 2.26. The van der Waals surface area contributed by atoms with E-state index in [2.05, 4.69) is 15.0 Å². The van der Waals surface area contributed by atoms with Crippen LogP contribution >= 0.6 is 0 Å². The fraction of sp³-hybridized carbons (Fsp3) is 0.294. The molecule has 0 aliphatic carbocycles. The third-order valence-corrected chi connectivity index (χ3v) is 5.55. The lowest BCUT2D eigenvalue weighted by Crippen LogP contribution is -2.39. The fourth-order valence-corrected chi connectivity index (χ4v) is 3.49. The van der Waals surface area contributed by atoms with Crippen molar-refractivity contribution in [2.75, 3.05) is 30.4 Å². The summed E-state index contributed by atoms with van der Waals surface area (Å²) >= 11 is 0. The molecular formula is C17H20N4O3S. The van der Waals surface area contributed by atoms with Crippen LogP contribution in [0.4, 0.5) is 11.5 Å². The lowest BCUT2D eigenvalue weighted by molar-refractivity contribution is -0.117. The van der Waals surface area contributed by atoms with Crippen LogP contribution in [-0.4, -0.2) is 39.4 Å². The van der Waals surface area contributed by atoms with Gasteiger partial charge in [-0.3, -0.25) is 4.79 Å². The normalized spacial score (nSPS) is 14.0. The van der Waals surface area contributed by atoms with Crippen LogP contribution in [-0.2, 0) is 21.2 Å². The van der Waals surface area contributed by atoms with Crippen molar-refractivity contribution in [1.29, 1.82) is 0 Å². The Labute approximate surface area is 147 Å². The predicted molar refractivity (Wildman–Crippen MR) is 96.1 cm³/mol. The van der Waals surface area contributed by atoms with Crippen LogP contribution in [0.5, 0.6) is 0 Å². The molecule has 0 spiro atoms. The number of carbonyl (C=O) groups excluding carboxylic acids is 1. The molecule has 132 valence electrons. The van der Waals surface area contributed by atoms with Crippen LogP contribution in [0.25, 0.3) is 0 Å². The summed E-state index contributed by atoms with van der Waals surface area (Å²) in [6, 6.07) is 10.9. The Morgan fingerprint density at radius 3 is 2.76 bits per heavy atom. The van der Waals surface area contributed by atoms with E-state index in [1.807, 2.05) is 24.3 Å². The molecule has 1 amide bonds. The summed E-state index contributed by atoms with van der Waals surface area (Å²) in [6.45, 7) is 0.795. The number of aryl methyl sites for hydroxylation is 1. The molecule has 0 unspecified atom stereocenters. The molecular weight excluding hydrogens is 340 g/mol. The highest BCUT2D eigenvalue weighted by atomic mass is 32.2. The Hall–Kier alpha value is -2.45. The Bertz CT molecular complexity index is 866. The summed E-state index contributed by atoms with van der Waals surface area (Å²) in [5.74, 6) is 0.412. The van der Waals surface area contributed by atoms with Gasteiger partial charge >= 0.3 is 0 Å². The number of rotatable bonds is 5. The molecule has 2 heterocycles. The number of sulfonamides is 1. The van der Waals surface area contributed by atoms with E-state index in [9.17, 15) is 13.2 Å². The van der Waals surface area contributed by atoms with Crippen molar-refractivity contribution in [3.05, 3.63) is 48.2 Å². The molecule has 0 bridgehead atoms. The molecule has 1 aromatic carbocycles. The summed E-state index contributed by atoms with van der Waals surface area (Å²) in [7, 11) is -2.17. The molecule has 25 heavy (non-hydrogen) atoms. The topological polar surface area (TPSA) is 91.4 Å². The molecule has 0 saturated carbocycles. The second kappa shape index (κ2) is 7.20. The summed E-state index contributed by atoms with van der Waals surface area (Å²) in [5, 5.41) is 2.95. The van der Waals surface area contributed by atoms with Gasteiger partial charge in [-0.15, -0.1) is 0 Å². The molecule has 0 atom stereocenters. The van der Waals surface area contributed by atoms with Crippen molar-refractivity contribution in [3.63, 3.8) is 0 Å². The SMILES string of the molecule is CNS(=O)(=O)c1ccc(NCC(=O)N2CCCc3ccccc32)nc1. The van der Waals surface area contributed by atoms with Gasteiger partial charge in [0.1, 0.15) is 10.7 Å². The van der Waals surface area contributed by atoms with Crippen LogP contribution in [0.15, 0.2) is 47.5 Å². The summed E-state index contributed by atoms with van der Waals surface area (Å²) in [5.41, 5.74) is 2.14. The number of nitrogens with one attached hydrogen (secondary N) is 2. The number of para-hydroxylation sites is 1. The van der Waals surface area contributed by atoms with Crippen molar-refractivity contribution in [2.45, 2.75) is 17.7 Å². The molecule has 8 heteroatoms. The highest BCUT2D eigenvalue weighted by Gasteiger charge is 2.21. The van der Waals surface area contributed by atoms with Gasteiger partial charge in [-0.25, -0.2) is 18.1 Å². The first kappa shape index (κ1) is 17.4. The number of hydrogen-bond donors (Lipinski definition) is 2. The van der Waals surface area contributed by atoms with Gasteiger partial charge in [-0.05, 0) is 43.7 Å². The second-order valence-corrected chi connectivity index (χ2v) is 7.60. The van der Waals surface area contributed by atoms with E-state index in [-0.39, 0.29) is 17.3 Å². The molecule has 0 saturated heterocycles. The van der Waals surface area contributed by atoms with Crippen LogP contribution < -0.4 is 14.9 Å². The number of aromatic nitrogens is 1. The maximum absolute atomic E-state index is 12.5. The first-order valence-electron chi connectivity index (χ1n) is 8.03. The van der Waals surface area contributed by atoms with E-state index < -0.39 is 10.0 Å². The third-order valence-electron chi connectivity index (χ3n) is 4.15.